The zero-order valence-electron chi connectivity index (χ0n) is 12.7. The number of nitro groups is 1. The molecule has 0 saturated carbocycles. The van der Waals surface area contributed by atoms with Crippen molar-refractivity contribution in [1.82, 2.24) is 14.9 Å². The van der Waals surface area contributed by atoms with Crippen LogP contribution in [0.1, 0.15) is 11.1 Å². The largest absolute Gasteiger partial charge is 0.269 e. The lowest BCUT2D eigenvalue weighted by atomic mass is 10.1. The van der Waals surface area contributed by atoms with Crippen molar-refractivity contribution in [2.75, 3.05) is 0 Å². The Morgan fingerprint density at radius 1 is 1.25 bits per heavy atom. The van der Waals surface area contributed by atoms with Gasteiger partial charge >= 0.3 is 0 Å². The first kappa shape index (κ1) is 15.8. The van der Waals surface area contributed by atoms with Gasteiger partial charge in [-0.25, -0.2) is 5.10 Å². The van der Waals surface area contributed by atoms with E-state index in [1.807, 2.05) is 31.2 Å². The topological polar surface area (TPSA) is 89.1 Å². The molecule has 3 aromatic rings. The summed E-state index contributed by atoms with van der Waals surface area (Å²) in [6.07, 6.45) is 1.58. The van der Waals surface area contributed by atoms with Crippen LogP contribution < -0.4 is 0 Å². The quantitative estimate of drug-likeness (QED) is 0.340. The summed E-state index contributed by atoms with van der Waals surface area (Å²) in [6, 6.07) is 13.9. The van der Waals surface area contributed by atoms with Crippen molar-refractivity contribution >= 4 is 24.1 Å². The van der Waals surface area contributed by atoms with Crippen LogP contribution in [0.25, 0.3) is 11.4 Å². The lowest BCUT2D eigenvalue weighted by Gasteiger charge is -2.04. The second-order valence-corrected chi connectivity index (χ2v) is 5.46. The molecular weight excluding hydrogens is 326 g/mol. The minimum absolute atomic E-state index is 0.0349. The molecule has 8 heteroatoms. The number of H-pyrrole nitrogens is 1. The summed E-state index contributed by atoms with van der Waals surface area (Å²) in [4.78, 5) is 10.2. The number of aromatic nitrogens is 3. The van der Waals surface area contributed by atoms with E-state index in [9.17, 15) is 10.1 Å². The van der Waals surface area contributed by atoms with Crippen LogP contribution in [0, 0.1) is 21.8 Å². The normalized spacial score (nSPS) is 11.0. The van der Waals surface area contributed by atoms with Gasteiger partial charge in [0.15, 0.2) is 5.82 Å². The maximum atomic E-state index is 10.7. The van der Waals surface area contributed by atoms with Crippen molar-refractivity contribution in [3.8, 4) is 11.4 Å². The van der Waals surface area contributed by atoms with Crippen molar-refractivity contribution in [2.45, 2.75) is 6.92 Å². The summed E-state index contributed by atoms with van der Waals surface area (Å²) in [7, 11) is 0. The van der Waals surface area contributed by atoms with Gasteiger partial charge in [0, 0.05) is 17.7 Å². The molecule has 1 heterocycles. The molecule has 3 rings (SSSR count). The van der Waals surface area contributed by atoms with Crippen LogP contribution in [0.5, 0.6) is 0 Å². The lowest BCUT2D eigenvalue weighted by Crippen LogP contribution is -1.96. The fourth-order valence-corrected chi connectivity index (χ4v) is 2.38. The lowest BCUT2D eigenvalue weighted by molar-refractivity contribution is -0.384. The van der Waals surface area contributed by atoms with E-state index >= 15 is 0 Å². The number of aryl methyl sites for hydroxylation is 1. The molecule has 0 radical (unpaired) electrons. The Hall–Kier alpha value is -3.13. The van der Waals surface area contributed by atoms with E-state index in [4.69, 9.17) is 12.2 Å². The third-order valence-corrected chi connectivity index (χ3v) is 3.73. The highest BCUT2D eigenvalue weighted by Gasteiger charge is 2.10. The first-order chi connectivity index (χ1) is 11.6. The van der Waals surface area contributed by atoms with Gasteiger partial charge in [0.2, 0.25) is 4.77 Å². The van der Waals surface area contributed by atoms with Gasteiger partial charge in [0.05, 0.1) is 11.1 Å². The molecule has 7 nitrogen and oxygen atoms in total. The maximum absolute atomic E-state index is 10.7. The molecule has 24 heavy (non-hydrogen) atoms. The summed E-state index contributed by atoms with van der Waals surface area (Å²) in [5.74, 6) is 0.608. The van der Waals surface area contributed by atoms with E-state index in [1.54, 1.807) is 18.3 Å². The van der Waals surface area contributed by atoms with Crippen molar-refractivity contribution < 1.29 is 4.92 Å². The van der Waals surface area contributed by atoms with Gasteiger partial charge in [-0.3, -0.25) is 10.1 Å². The molecule has 0 unspecified atom stereocenters. The predicted molar refractivity (Wildman–Crippen MR) is 93.7 cm³/mol. The molecule has 0 bridgehead atoms. The van der Waals surface area contributed by atoms with Gasteiger partial charge in [-0.15, -0.1) is 0 Å². The fraction of sp³-hybridized carbons (Fsp3) is 0.0625. The van der Waals surface area contributed by atoms with Gasteiger partial charge in [0.1, 0.15) is 0 Å². The summed E-state index contributed by atoms with van der Waals surface area (Å²) >= 11 is 5.23. The average molecular weight is 339 g/mol. The second-order valence-electron chi connectivity index (χ2n) is 5.07. The molecule has 0 amide bonds. The molecule has 0 aliphatic rings. The van der Waals surface area contributed by atoms with Crippen LogP contribution in [0.3, 0.4) is 0 Å². The van der Waals surface area contributed by atoms with Gasteiger partial charge in [-0.05, 0) is 42.4 Å². The molecule has 0 aliphatic carbocycles. The Kier molecular flexibility index (Phi) is 4.30. The Morgan fingerprint density at radius 3 is 2.62 bits per heavy atom. The number of hydrogen-bond donors (Lipinski definition) is 1. The second kappa shape index (κ2) is 6.55. The van der Waals surface area contributed by atoms with Gasteiger partial charge in [-0.1, -0.05) is 24.3 Å². The van der Waals surface area contributed by atoms with Gasteiger partial charge < -0.3 is 0 Å². The number of benzene rings is 2. The molecular formula is C16H13N5O2S. The summed E-state index contributed by atoms with van der Waals surface area (Å²) in [5.41, 5.74) is 2.73. The highest BCUT2D eigenvalue weighted by molar-refractivity contribution is 7.71. The Morgan fingerprint density at radius 2 is 1.96 bits per heavy atom. The Bertz CT molecular complexity index is 973. The van der Waals surface area contributed by atoms with Crippen LogP contribution >= 0.6 is 12.2 Å². The Labute approximate surface area is 142 Å². The molecule has 0 fully saturated rings. The van der Waals surface area contributed by atoms with Crippen molar-refractivity contribution in [1.29, 1.82) is 0 Å². The number of non-ortho nitro benzene ring substituents is 1. The van der Waals surface area contributed by atoms with Gasteiger partial charge in [-0.2, -0.15) is 14.9 Å². The number of nitrogens with zero attached hydrogens (tertiary/aromatic N) is 4. The summed E-state index contributed by atoms with van der Waals surface area (Å²) < 4.78 is 1.89. The number of nitrogens with one attached hydrogen (secondary N) is 1. The van der Waals surface area contributed by atoms with Crippen molar-refractivity contribution in [2.24, 2.45) is 5.10 Å². The van der Waals surface area contributed by atoms with Gasteiger partial charge in [0.25, 0.3) is 5.69 Å². The van der Waals surface area contributed by atoms with E-state index in [0.29, 0.717) is 10.6 Å². The van der Waals surface area contributed by atoms with Crippen molar-refractivity contribution in [3.05, 3.63) is 74.5 Å². The molecule has 1 aromatic heterocycles. The number of aromatic amines is 1. The maximum Gasteiger partial charge on any atom is 0.269 e. The standard InChI is InChI=1S/C16H13N5O2S/c1-11-4-2-3-5-14(11)15-18-19-16(24)20(15)17-10-12-6-8-13(9-7-12)21(22)23/h2-10H,1H3,(H,19,24)/b17-10-. The smallest absolute Gasteiger partial charge is 0.258 e. The first-order valence-electron chi connectivity index (χ1n) is 7.08. The van der Waals surface area contributed by atoms with E-state index in [-0.39, 0.29) is 5.69 Å². The average Bonchev–Trinajstić information content (AvgIpc) is 2.94. The van der Waals surface area contributed by atoms with Crippen LogP contribution in [0.4, 0.5) is 5.69 Å². The van der Waals surface area contributed by atoms with Crippen LogP contribution in [0.2, 0.25) is 0 Å². The van der Waals surface area contributed by atoms with E-state index in [2.05, 4.69) is 15.3 Å². The van der Waals surface area contributed by atoms with E-state index in [0.717, 1.165) is 16.7 Å². The van der Waals surface area contributed by atoms with Crippen LogP contribution in [0.15, 0.2) is 53.6 Å². The number of nitro benzene ring substituents is 1. The monoisotopic (exact) mass is 339 g/mol. The van der Waals surface area contributed by atoms with Crippen LogP contribution in [-0.4, -0.2) is 26.0 Å². The highest BCUT2D eigenvalue weighted by atomic mass is 32.1. The van der Waals surface area contributed by atoms with E-state index in [1.165, 1.54) is 16.8 Å². The Balaban J connectivity index is 1.96. The van der Waals surface area contributed by atoms with Crippen molar-refractivity contribution in [3.63, 3.8) is 0 Å². The number of hydrogen-bond acceptors (Lipinski definition) is 5. The molecule has 0 spiro atoms. The molecule has 0 saturated heterocycles. The number of rotatable bonds is 4. The fourth-order valence-electron chi connectivity index (χ4n) is 2.20. The molecule has 1 N–H and O–H groups in total. The third-order valence-electron chi connectivity index (χ3n) is 3.46. The molecule has 120 valence electrons. The summed E-state index contributed by atoms with van der Waals surface area (Å²) in [5, 5.41) is 22.0. The predicted octanol–water partition coefficient (Wildman–Crippen LogP) is 3.71. The van der Waals surface area contributed by atoms with Crippen LogP contribution in [-0.2, 0) is 0 Å². The molecule has 2 aromatic carbocycles. The highest BCUT2D eigenvalue weighted by Crippen LogP contribution is 2.21. The minimum Gasteiger partial charge on any atom is -0.258 e. The zero-order chi connectivity index (χ0) is 17.1. The first-order valence-corrected chi connectivity index (χ1v) is 7.49. The molecule has 0 atom stereocenters. The molecule has 0 aliphatic heterocycles. The SMILES string of the molecule is Cc1ccccc1-c1n[nH]c(=S)n1/N=C\c1ccc([N+](=O)[O-])cc1. The minimum atomic E-state index is -0.441. The summed E-state index contributed by atoms with van der Waals surface area (Å²) in [6.45, 7) is 1.98. The zero-order valence-corrected chi connectivity index (χ0v) is 13.5. The van der Waals surface area contributed by atoms with E-state index < -0.39 is 4.92 Å². The third kappa shape index (κ3) is 3.13.